The number of oxazole rings is 1. The number of aryl methyl sites for hydroxylation is 1. The second-order valence-electron chi connectivity index (χ2n) is 4.24. The number of nitrogens with zero attached hydrogens (tertiary/aromatic N) is 1. The summed E-state index contributed by atoms with van der Waals surface area (Å²) in [7, 11) is 0. The van der Waals surface area contributed by atoms with Crippen LogP contribution in [0.25, 0.3) is 11.1 Å². The third kappa shape index (κ3) is 2.33. The maximum Gasteiger partial charge on any atom is 0.255 e. The van der Waals surface area contributed by atoms with Crippen LogP contribution in [-0.4, -0.2) is 10.9 Å². The zero-order valence-corrected chi connectivity index (χ0v) is 10.4. The van der Waals surface area contributed by atoms with E-state index in [9.17, 15) is 4.79 Å². The summed E-state index contributed by atoms with van der Waals surface area (Å²) >= 11 is 0. The lowest BCUT2D eigenvalue weighted by Gasteiger charge is -2.04. The van der Waals surface area contributed by atoms with E-state index in [1.165, 1.54) is 0 Å². The van der Waals surface area contributed by atoms with Crippen molar-refractivity contribution in [1.82, 2.24) is 4.98 Å². The Labute approximate surface area is 110 Å². The zero-order valence-electron chi connectivity index (χ0n) is 10.4. The lowest BCUT2D eigenvalue weighted by atomic mass is 10.2. The van der Waals surface area contributed by atoms with Gasteiger partial charge in [0.2, 0.25) is 0 Å². The van der Waals surface area contributed by atoms with Crippen LogP contribution in [-0.2, 0) is 0 Å². The summed E-state index contributed by atoms with van der Waals surface area (Å²) in [5.74, 6) is 0.474. The Kier molecular flexibility index (Phi) is 2.76. The first-order chi connectivity index (χ1) is 9.22. The number of hydrogen-bond donors (Lipinski definition) is 1. The van der Waals surface area contributed by atoms with Crippen LogP contribution in [0.5, 0.6) is 0 Å². The lowest BCUT2D eigenvalue weighted by molar-refractivity contribution is 0.102. The predicted octanol–water partition coefficient (Wildman–Crippen LogP) is 3.39. The van der Waals surface area contributed by atoms with Gasteiger partial charge in [-0.2, -0.15) is 0 Å². The van der Waals surface area contributed by atoms with Gasteiger partial charge in [0.05, 0.1) is 0 Å². The highest BCUT2D eigenvalue weighted by molar-refractivity contribution is 6.04. The molecule has 4 nitrogen and oxygen atoms in total. The Morgan fingerprint density at radius 1 is 1.16 bits per heavy atom. The molecule has 1 heterocycles. The molecule has 0 atom stereocenters. The van der Waals surface area contributed by atoms with E-state index in [0.717, 1.165) is 11.1 Å². The third-order valence-electron chi connectivity index (χ3n) is 2.79. The van der Waals surface area contributed by atoms with Crippen molar-refractivity contribution in [2.45, 2.75) is 6.92 Å². The molecular weight excluding hydrogens is 240 g/mol. The maximum absolute atomic E-state index is 12.0. The molecule has 0 saturated carbocycles. The van der Waals surface area contributed by atoms with Crippen LogP contribution in [0, 0.1) is 6.92 Å². The van der Waals surface area contributed by atoms with Gasteiger partial charge in [-0.3, -0.25) is 4.79 Å². The molecule has 0 saturated heterocycles. The average molecular weight is 252 g/mol. The summed E-state index contributed by atoms with van der Waals surface area (Å²) in [6.45, 7) is 1.79. The van der Waals surface area contributed by atoms with E-state index in [4.69, 9.17) is 4.42 Å². The highest BCUT2D eigenvalue weighted by atomic mass is 16.3. The molecular formula is C15H12N2O2. The number of anilines is 1. The predicted molar refractivity (Wildman–Crippen MR) is 73.1 cm³/mol. The molecule has 19 heavy (non-hydrogen) atoms. The van der Waals surface area contributed by atoms with E-state index in [-0.39, 0.29) is 5.91 Å². The minimum absolute atomic E-state index is 0.139. The van der Waals surface area contributed by atoms with Crippen molar-refractivity contribution >= 4 is 22.7 Å². The summed E-state index contributed by atoms with van der Waals surface area (Å²) in [6, 6.07) is 14.5. The molecule has 94 valence electrons. The van der Waals surface area contributed by atoms with Crippen LogP contribution in [0.1, 0.15) is 16.2 Å². The van der Waals surface area contributed by atoms with E-state index < -0.39 is 0 Å². The number of nitrogens with one attached hydrogen (secondary N) is 1. The van der Waals surface area contributed by atoms with Crippen molar-refractivity contribution in [3.05, 3.63) is 60.0 Å². The fraction of sp³-hybridized carbons (Fsp3) is 0.0667. The molecule has 3 aromatic rings. The number of benzene rings is 2. The summed E-state index contributed by atoms with van der Waals surface area (Å²) in [5.41, 5.74) is 2.78. The number of rotatable bonds is 2. The molecule has 1 amide bonds. The topological polar surface area (TPSA) is 55.1 Å². The van der Waals surface area contributed by atoms with Gasteiger partial charge in [-0.15, -0.1) is 0 Å². The minimum atomic E-state index is -0.139. The maximum atomic E-state index is 12.0. The van der Waals surface area contributed by atoms with Crippen LogP contribution in [0.2, 0.25) is 0 Å². The van der Waals surface area contributed by atoms with E-state index in [0.29, 0.717) is 17.1 Å². The molecule has 1 N–H and O–H groups in total. The first-order valence-corrected chi connectivity index (χ1v) is 5.96. The Balaban J connectivity index is 1.87. The zero-order chi connectivity index (χ0) is 13.2. The van der Waals surface area contributed by atoms with Gasteiger partial charge < -0.3 is 9.73 Å². The monoisotopic (exact) mass is 252 g/mol. The number of aromatic nitrogens is 1. The number of hydrogen-bond acceptors (Lipinski definition) is 3. The first-order valence-electron chi connectivity index (χ1n) is 5.96. The van der Waals surface area contributed by atoms with Gasteiger partial charge in [0.25, 0.3) is 5.91 Å². The molecule has 0 aliphatic carbocycles. The molecule has 0 aliphatic heterocycles. The number of carbonyl (C=O) groups excluding carboxylic acids is 1. The fourth-order valence-corrected chi connectivity index (χ4v) is 1.91. The summed E-state index contributed by atoms with van der Waals surface area (Å²) in [6.07, 6.45) is 0. The number of fused-ring (bicyclic) bond motifs is 1. The van der Waals surface area contributed by atoms with E-state index >= 15 is 0 Å². The molecule has 2 aromatic carbocycles. The van der Waals surface area contributed by atoms with E-state index in [1.807, 2.05) is 18.2 Å². The number of carbonyl (C=O) groups is 1. The summed E-state index contributed by atoms with van der Waals surface area (Å²) < 4.78 is 5.39. The first kappa shape index (κ1) is 11.5. The molecule has 3 rings (SSSR count). The Hall–Kier alpha value is -2.62. The van der Waals surface area contributed by atoms with Crippen LogP contribution >= 0.6 is 0 Å². The highest BCUT2D eigenvalue weighted by Crippen LogP contribution is 2.20. The van der Waals surface area contributed by atoms with Crippen molar-refractivity contribution < 1.29 is 9.21 Å². The van der Waals surface area contributed by atoms with Gasteiger partial charge >= 0.3 is 0 Å². The van der Waals surface area contributed by atoms with Gasteiger partial charge in [0.15, 0.2) is 11.5 Å². The van der Waals surface area contributed by atoms with E-state index in [2.05, 4.69) is 10.3 Å². The van der Waals surface area contributed by atoms with Gasteiger partial charge in [0, 0.05) is 18.2 Å². The second kappa shape index (κ2) is 4.57. The summed E-state index contributed by atoms with van der Waals surface area (Å²) in [5, 5.41) is 2.84. The number of amides is 1. The largest absolute Gasteiger partial charge is 0.441 e. The van der Waals surface area contributed by atoms with Crippen LogP contribution in [0.15, 0.2) is 52.9 Å². The fourth-order valence-electron chi connectivity index (χ4n) is 1.91. The smallest absolute Gasteiger partial charge is 0.255 e. The quantitative estimate of drug-likeness (QED) is 0.760. The lowest BCUT2D eigenvalue weighted by Crippen LogP contribution is -2.11. The molecule has 4 heteroatoms. The van der Waals surface area contributed by atoms with E-state index in [1.54, 1.807) is 37.3 Å². The third-order valence-corrected chi connectivity index (χ3v) is 2.79. The average Bonchev–Trinajstić information content (AvgIpc) is 2.79. The van der Waals surface area contributed by atoms with Crippen LogP contribution in [0.3, 0.4) is 0 Å². The molecule has 0 radical (unpaired) electrons. The second-order valence-corrected chi connectivity index (χ2v) is 4.24. The van der Waals surface area contributed by atoms with Gasteiger partial charge in [-0.1, -0.05) is 18.2 Å². The molecule has 0 spiro atoms. The molecule has 0 bridgehead atoms. The van der Waals surface area contributed by atoms with Crippen molar-refractivity contribution in [3.63, 3.8) is 0 Å². The Bertz CT molecular complexity index is 732. The van der Waals surface area contributed by atoms with Crippen LogP contribution in [0.4, 0.5) is 5.69 Å². The normalized spacial score (nSPS) is 10.6. The molecule has 0 fully saturated rings. The molecule has 0 aliphatic rings. The van der Waals surface area contributed by atoms with Gasteiger partial charge in [0.1, 0.15) is 5.52 Å². The standard InChI is InChI=1S/C15H12N2O2/c1-10-16-13-9-12(7-8-14(13)19-10)17-15(18)11-5-3-2-4-6-11/h2-9H,1H3,(H,17,18). The van der Waals surface area contributed by atoms with Crippen molar-refractivity contribution in [2.24, 2.45) is 0 Å². The molecule has 1 aromatic heterocycles. The van der Waals surface area contributed by atoms with Gasteiger partial charge in [-0.25, -0.2) is 4.98 Å². The summed E-state index contributed by atoms with van der Waals surface area (Å²) in [4.78, 5) is 16.2. The Morgan fingerprint density at radius 3 is 2.74 bits per heavy atom. The minimum Gasteiger partial charge on any atom is -0.441 e. The SMILES string of the molecule is Cc1nc2cc(NC(=O)c3ccccc3)ccc2o1. The highest BCUT2D eigenvalue weighted by Gasteiger charge is 2.07. The van der Waals surface area contributed by atoms with Crippen molar-refractivity contribution in [2.75, 3.05) is 5.32 Å². The molecule has 0 unspecified atom stereocenters. The van der Waals surface area contributed by atoms with Crippen molar-refractivity contribution in [1.29, 1.82) is 0 Å². The van der Waals surface area contributed by atoms with Crippen molar-refractivity contribution in [3.8, 4) is 0 Å². The van der Waals surface area contributed by atoms with Gasteiger partial charge in [-0.05, 0) is 30.3 Å². The van der Waals surface area contributed by atoms with Crippen LogP contribution < -0.4 is 5.32 Å². The Morgan fingerprint density at radius 2 is 1.95 bits per heavy atom.